The Morgan fingerprint density at radius 1 is 1.23 bits per heavy atom. The summed E-state index contributed by atoms with van der Waals surface area (Å²) in [5, 5.41) is 0. The molecule has 22 heavy (non-hydrogen) atoms. The predicted molar refractivity (Wildman–Crippen MR) is 77.0 cm³/mol. The monoisotopic (exact) mass is 311 g/mol. The summed E-state index contributed by atoms with van der Waals surface area (Å²) >= 11 is 0. The van der Waals surface area contributed by atoms with E-state index in [4.69, 9.17) is 0 Å². The van der Waals surface area contributed by atoms with Gasteiger partial charge in [-0.15, -0.1) is 0 Å². The third-order valence-corrected chi connectivity index (χ3v) is 4.00. The van der Waals surface area contributed by atoms with Gasteiger partial charge in [-0.1, -0.05) is 0 Å². The Labute approximate surface area is 127 Å². The standard InChI is InChI=1S/C15H19F2N3O2/c16-15(17)22-12-4-5-13(18-10-12)19-6-1-7-20(9-8-19)14(21)11-2-3-11/h4-5,10-11,15H,1-3,6-9H2. The van der Waals surface area contributed by atoms with Gasteiger partial charge in [0.05, 0.1) is 6.20 Å². The Bertz CT molecular complexity index is 520. The minimum atomic E-state index is -2.84. The van der Waals surface area contributed by atoms with E-state index in [0.717, 1.165) is 38.2 Å². The second-order valence-electron chi connectivity index (χ2n) is 5.67. The zero-order valence-corrected chi connectivity index (χ0v) is 12.3. The van der Waals surface area contributed by atoms with Crippen molar-refractivity contribution < 1.29 is 18.3 Å². The van der Waals surface area contributed by atoms with Crippen molar-refractivity contribution in [3.05, 3.63) is 18.3 Å². The van der Waals surface area contributed by atoms with Gasteiger partial charge in [0.1, 0.15) is 11.6 Å². The van der Waals surface area contributed by atoms with E-state index < -0.39 is 6.61 Å². The van der Waals surface area contributed by atoms with Gasteiger partial charge in [0.2, 0.25) is 5.91 Å². The highest BCUT2D eigenvalue weighted by Gasteiger charge is 2.33. The van der Waals surface area contributed by atoms with E-state index in [-0.39, 0.29) is 17.6 Å². The van der Waals surface area contributed by atoms with E-state index in [0.29, 0.717) is 13.1 Å². The zero-order valence-electron chi connectivity index (χ0n) is 12.3. The molecule has 1 saturated heterocycles. The minimum absolute atomic E-state index is 0.0547. The van der Waals surface area contributed by atoms with Crippen LogP contribution < -0.4 is 9.64 Å². The second-order valence-corrected chi connectivity index (χ2v) is 5.67. The van der Waals surface area contributed by atoms with Crippen molar-refractivity contribution in [3.63, 3.8) is 0 Å². The summed E-state index contributed by atoms with van der Waals surface area (Å²) in [6.45, 7) is 0.134. The highest BCUT2D eigenvalue weighted by molar-refractivity contribution is 5.81. The molecule has 2 aliphatic rings. The number of hydrogen-bond donors (Lipinski definition) is 0. The average Bonchev–Trinajstić information content (AvgIpc) is 3.33. The Morgan fingerprint density at radius 3 is 2.68 bits per heavy atom. The molecule has 0 bridgehead atoms. The molecule has 1 saturated carbocycles. The van der Waals surface area contributed by atoms with Crippen LogP contribution in [0.3, 0.4) is 0 Å². The lowest BCUT2D eigenvalue weighted by molar-refractivity contribution is -0.132. The Balaban J connectivity index is 1.59. The molecule has 3 rings (SSSR count). The highest BCUT2D eigenvalue weighted by Crippen LogP contribution is 2.31. The maximum atomic E-state index is 12.1. The number of carbonyl (C=O) groups is 1. The van der Waals surface area contributed by atoms with Gasteiger partial charge < -0.3 is 14.5 Å². The number of nitrogens with zero attached hydrogens (tertiary/aromatic N) is 3. The van der Waals surface area contributed by atoms with E-state index in [2.05, 4.69) is 14.6 Å². The minimum Gasteiger partial charge on any atom is -0.433 e. The third-order valence-electron chi connectivity index (χ3n) is 4.00. The molecular weight excluding hydrogens is 292 g/mol. The molecular formula is C15H19F2N3O2. The van der Waals surface area contributed by atoms with Crippen molar-refractivity contribution in [1.82, 2.24) is 9.88 Å². The van der Waals surface area contributed by atoms with Gasteiger partial charge >= 0.3 is 6.61 Å². The normalized spacial score (nSPS) is 19.2. The molecule has 2 heterocycles. The fourth-order valence-corrected chi connectivity index (χ4v) is 2.69. The number of halogens is 2. The molecule has 1 aliphatic carbocycles. The molecule has 1 aromatic rings. The first-order valence-electron chi connectivity index (χ1n) is 7.58. The summed E-state index contributed by atoms with van der Waals surface area (Å²) in [4.78, 5) is 20.3. The number of amides is 1. The number of pyridine rings is 1. The Hall–Kier alpha value is -1.92. The number of anilines is 1. The van der Waals surface area contributed by atoms with Gasteiger partial charge in [-0.3, -0.25) is 4.79 Å². The molecule has 1 aliphatic heterocycles. The predicted octanol–water partition coefficient (Wildman–Crippen LogP) is 2.13. The molecule has 1 amide bonds. The fraction of sp³-hybridized carbons (Fsp3) is 0.600. The molecule has 0 aromatic carbocycles. The van der Waals surface area contributed by atoms with Crippen molar-refractivity contribution in [2.75, 3.05) is 31.1 Å². The molecule has 120 valence electrons. The van der Waals surface area contributed by atoms with E-state index >= 15 is 0 Å². The van der Waals surface area contributed by atoms with Crippen molar-refractivity contribution >= 4 is 11.7 Å². The fourth-order valence-electron chi connectivity index (χ4n) is 2.69. The topological polar surface area (TPSA) is 45.7 Å². The number of alkyl halides is 2. The SMILES string of the molecule is O=C(C1CC1)N1CCCN(c2ccc(OC(F)F)cn2)CC1. The van der Waals surface area contributed by atoms with Crippen LogP contribution >= 0.6 is 0 Å². The van der Waals surface area contributed by atoms with Crippen LogP contribution in [0.2, 0.25) is 0 Å². The van der Waals surface area contributed by atoms with Crippen LogP contribution in [-0.2, 0) is 4.79 Å². The molecule has 1 aromatic heterocycles. The highest BCUT2D eigenvalue weighted by atomic mass is 19.3. The molecule has 5 nitrogen and oxygen atoms in total. The molecule has 0 spiro atoms. The summed E-state index contributed by atoms with van der Waals surface area (Å²) in [6, 6.07) is 3.17. The van der Waals surface area contributed by atoms with Crippen molar-refractivity contribution in [1.29, 1.82) is 0 Å². The molecule has 0 radical (unpaired) electrons. The van der Waals surface area contributed by atoms with E-state index in [1.165, 1.54) is 12.3 Å². The number of rotatable bonds is 4. The molecule has 0 N–H and O–H groups in total. The average molecular weight is 311 g/mol. The second kappa shape index (κ2) is 6.46. The van der Waals surface area contributed by atoms with Crippen molar-refractivity contribution in [2.45, 2.75) is 25.9 Å². The van der Waals surface area contributed by atoms with Crippen LogP contribution in [-0.4, -0.2) is 48.6 Å². The van der Waals surface area contributed by atoms with E-state index in [1.807, 2.05) is 4.90 Å². The number of hydrogen-bond acceptors (Lipinski definition) is 4. The lowest BCUT2D eigenvalue weighted by Crippen LogP contribution is -2.36. The summed E-state index contributed by atoms with van der Waals surface area (Å²) in [7, 11) is 0. The van der Waals surface area contributed by atoms with Gasteiger partial charge in [-0.2, -0.15) is 8.78 Å². The lowest BCUT2D eigenvalue weighted by Gasteiger charge is -2.23. The van der Waals surface area contributed by atoms with Gasteiger partial charge in [0.15, 0.2) is 0 Å². The first-order chi connectivity index (χ1) is 10.6. The quantitative estimate of drug-likeness (QED) is 0.854. The van der Waals surface area contributed by atoms with Crippen LogP contribution in [0.25, 0.3) is 0 Å². The smallest absolute Gasteiger partial charge is 0.387 e. The van der Waals surface area contributed by atoms with Crippen LogP contribution in [0.15, 0.2) is 18.3 Å². The number of aromatic nitrogens is 1. The maximum Gasteiger partial charge on any atom is 0.387 e. The summed E-state index contributed by atoms with van der Waals surface area (Å²) in [5.41, 5.74) is 0. The van der Waals surface area contributed by atoms with Crippen molar-refractivity contribution in [3.8, 4) is 5.75 Å². The Kier molecular flexibility index (Phi) is 4.40. The van der Waals surface area contributed by atoms with Crippen LogP contribution in [0.1, 0.15) is 19.3 Å². The first kappa shape index (κ1) is 15.0. The summed E-state index contributed by atoms with van der Waals surface area (Å²) < 4.78 is 28.5. The van der Waals surface area contributed by atoms with E-state index in [1.54, 1.807) is 6.07 Å². The van der Waals surface area contributed by atoms with Gasteiger partial charge in [0, 0.05) is 32.1 Å². The third kappa shape index (κ3) is 3.64. The molecule has 7 heteroatoms. The van der Waals surface area contributed by atoms with Crippen LogP contribution in [0.4, 0.5) is 14.6 Å². The van der Waals surface area contributed by atoms with Gasteiger partial charge in [-0.05, 0) is 31.4 Å². The maximum absolute atomic E-state index is 12.1. The summed E-state index contributed by atoms with van der Waals surface area (Å²) in [5.74, 6) is 1.30. The molecule has 0 atom stereocenters. The first-order valence-corrected chi connectivity index (χ1v) is 7.58. The molecule has 2 fully saturated rings. The lowest BCUT2D eigenvalue weighted by atomic mass is 10.3. The Morgan fingerprint density at radius 2 is 2.05 bits per heavy atom. The van der Waals surface area contributed by atoms with Gasteiger partial charge in [0.25, 0.3) is 0 Å². The van der Waals surface area contributed by atoms with Crippen LogP contribution in [0.5, 0.6) is 5.75 Å². The van der Waals surface area contributed by atoms with Gasteiger partial charge in [-0.25, -0.2) is 4.98 Å². The number of ether oxygens (including phenoxy) is 1. The van der Waals surface area contributed by atoms with Crippen LogP contribution in [0, 0.1) is 5.92 Å². The summed E-state index contributed by atoms with van der Waals surface area (Å²) in [6.07, 6.45) is 4.23. The zero-order chi connectivity index (χ0) is 15.5. The molecule has 0 unspecified atom stereocenters. The number of carbonyl (C=O) groups excluding carboxylic acids is 1. The largest absolute Gasteiger partial charge is 0.433 e. The van der Waals surface area contributed by atoms with E-state index in [9.17, 15) is 13.6 Å². The van der Waals surface area contributed by atoms with Crippen molar-refractivity contribution in [2.24, 2.45) is 5.92 Å².